The summed E-state index contributed by atoms with van der Waals surface area (Å²) < 4.78 is 1.64. The van der Waals surface area contributed by atoms with Gasteiger partial charge in [-0.1, -0.05) is 6.92 Å². The summed E-state index contributed by atoms with van der Waals surface area (Å²) in [5.74, 6) is 2.41. The molecular formula is C12H17N5S. The molecule has 1 heterocycles. The summed E-state index contributed by atoms with van der Waals surface area (Å²) in [4.78, 5) is 0. The highest BCUT2D eigenvalue weighted by Gasteiger charge is 1.97. The molecule has 0 saturated heterocycles. The molecule has 0 aliphatic heterocycles. The fourth-order valence-corrected chi connectivity index (χ4v) is 2.20. The van der Waals surface area contributed by atoms with E-state index in [1.807, 2.05) is 36.0 Å². The summed E-state index contributed by atoms with van der Waals surface area (Å²) in [6.45, 7) is 3.20. The molecule has 2 rings (SSSR count). The molecule has 1 N–H and O–H groups in total. The molecule has 96 valence electrons. The Balaban J connectivity index is 1.81. The van der Waals surface area contributed by atoms with E-state index in [0.717, 1.165) is 17.9 Å². The van der Waals surface area contributed by atoms with Crippen molar-refractivity contribution in [1.82, 2.24) is 20.2 Å². The van der Waals surface area contributed by atoms with Gasteiger partial charge in [0.2, 0.25) is 0 Å². The monoisotopic (exact) mass is 263 g/mol. The Bertz CT molecular complexity index is 440. The predicted octanol–water partition coefficient (Wildman–Crippen LogP) is 2.22. The molecule has 0 atom stereocenters. The molecule has 0 saturated carbocycles. The fraction of sp³-hybridized carbons (Fsp3) is 0.417. The van der Waals surface area contributed by atoms with Crippen LogP contribution in [0.3, 0.4) is 0 Å². The van der Waals surface area contributed by atoms with Crippen LogP contribution in [-0.2, 0) is 0 Å². The number of thioether (sulfide) groups is 1. The lowest BCUT2D eigenvalue weighted by atomic mass is 10.3. The first kappa shape index (κ1) is 12.9. The van der Waals surface area contributed by atoms with Gasteiger partial charge >= 0.3 is 0 Å². The number of nitrogens with one attached hydrogen (secondary N) is 1. The Labute approximate surface area is 111 Å². The van der Waals surface area contributed by atoms with Crippen LogP contribution in [-0.4, -0.2) is 38.3 Å². The van der Waals surface area contributed by atoms with Gasteiger partial charge in [0.05, 0.1) is 5.69 Å². The Morgan fingerprint density at radius 3 is 2.78 bits per heavy atom. The summed E-state index contributed by atoms with van der Waals surface area (Å²) in [5.41, 5.74) is 2.10. The van der Waals surface area contributed by atoms with Crippen LogP contribution in [0.4, 0.5) is 5.69 Å². The zero-order chi connectivity index (χ0) is 12.6. The minimum absolute atomic E-state index is 0.965. The number of aromatic nitrogens is 4. The highest BCUT2D eigenvalue weighted by atomic mass is 32.2. The molecule has 0 amide bonds. The van der Waals surface area contributed by atoms with E-state index in [0.29, 0.717) is 0 Å². The third-order valence-electron chi connectivity index (χ3n) is 2.48. The van der Waals surface area contributed by atoms with Gasteiger partial charge in [-0.25, -0.2) is 4.68 Å². The highest BCUT2D eigenvalue weighted by Crippen LogP contribution is 2.12. The minimum atomic E-state index is 0.965. The topological polar surface area (TPSA) is 55.6 Å². The number of hydrogen-bond acceptors (Lipinski definition) is 5. The molecule has 0 radical (unpaired) electrons. The van der Waals surface area contributed by atoms with E-state index in [4.69, 9.17) is 0 Å². The maximum atomic E-state index is 3.84. The van der Waals surface area contributed by atoms with Crippen molar-refractivity contribution in [3.63, 3.8) is 0 Å². The van der Waals surface area contributed by atoms with Gasteiger partial charge in [0, 0.05) is 12.2 Å². The third-order valence-corrected chi connectivity index (χ3v) is 3.47. The fourth-order valence-electron chi connectivity index (χ4n) is 1.56. The predicted molar refractivity (Wildman–Crippen MR) is 75.3 cm³/mol. The van der Waals surface area contributed by atoms with Crippen LogP contribution in [0, 0.1) is 0 Å². The average Bonchev–Trinajstić information content (AvgIpc) is 2.93. The van der Waals surface area contributed by atoms with E-state index in [1.165, 1.54) is 17.9 Å². The lowest BCUT2D eigenvalue weighted by Gasteiger charge is -2.06. The Morgan fingerprint density at radius 1 is 1.28 bits per heavy atom. The van der Waals surface area contributed by atoms with Gasteiger partial charge < -0.3 is 5.32 Å². The van der Waals surface area contributed by atoms with Gasteiger partial charge in [-0.15, -0.1) is 5.10 Å². The van der Waals surface area contributed by atoms with Gasteiger partial charge in [0.25, 0.3) is 0 Å². The summed E-state index contributed by atoms with van der Waals surface area (Å²) in [7, 11) is 0. The molecule has 6 heteroatoms. The zero-order valence-electron chi connectivity index (χ0n) is 10.4. The van der Waals surface area contributed by atoms with Crippen LogP contribution in [0.15, 0.2) is 30.6 Å². The standard InChI is InChI=1S/C12H17N5S/c1-2-18-9-3-8-13-11-4-6-12(7-5-11)17-10-14-15-16-17/h4-7,10,13H,2-3,8-9H2,1H3. The summed E-state index contributed by atoms with van der Waals surface area (Å²) in [6.07, 6.45) is 2.78. The molecule has 0 spiro atoms. The van der Waals surface area contributed by atoms with E-state index in [-0.39, 0.29) is 0 Å². The molecule has 18 heavy (non-hydrogen) atoms. The number of benzene rings is 1. The summed E-state index contributed by atoms with van der Waals surface area (Å²) in [6, 6.07) is 8.09. The second-order valence-corrected chi connectivity index (χ2v) is 5.17. The minimum Gasteiger partial charge on any atom is -0.385 e. The second kappa shape index (κ2) is 7.00. The molecule has 0 unspecified atom stereocenters. The lowest BCUT2D eigenvalue weighted by Crippen LogP contribution is -2.03. The first-order valence-electron chi connectivity index (χ1n) is 6.05. The zero-order valence-corrected chi connectivity index (χ0v) is 11.2. The van der Waals surface area contributed by atoms with Gasteiger partial charge in [-0.3, -0.25) is 0 Å². The third kappa shape index (κ3) is 3.73. The molecule has 0 aliphatic rings. The van der Waals surface area contributed by atoms with Crippen molar-refractivity contribution in [3.8, 4) is 5.69 Å². The van der Waals surface area contributed by atoms with Crippen LogP contribution in [0.25, 0.3) is 5.69 Å². The SMILES string of the molecule is CCSCCCNc1ccc(-n2cnnn2)cc1. The molecule has 0 bridgehead atoms. The smallest absolute Gasteiger partial charge is 0.143 e. The maximum Gasteiger partial charge on any atom is 0.143 e. The number of rotatable bonds is 7. The van der Waals surface area contributed by atoms with Crippen molar-refractivity contribution in [2.24, 2.45) is 0 Å². The number of anilines is 1. The average molecular weight is 263 g/mol. The molecule has 2 aromatic rings. The molecule has 0 fully saturated rings. The summed E-state index contributed by atoms with van der Waals surface area (Å²) >= 11 is 1.98. The summed E-state index contributed by atoms with van der Waals surface area (Å²) in [5, 5.41) is 14.5. The van der Waals surface area contributed by atoms with Crippen molar-refractivity contribution in [1.29, 1.82) is 0 Å². The normalized spacial score (nSPS) is 10.5. The van der Waals surface area contributed by atoms with Crippen LogP contribution in [0.2, 0.25) is 0 Å². The van der Waals surface area contributed by atoms with Crippen LogP contribution < -0.4 is 5.32 Å². The van der Waals surface area contributed by atoms with Crippen molar-refractivity contribution in [2.45, 2.75) is 13.3 Å². The molecule has 1 aromatic heterocycles. The van der Waals surface area contributed by atoms with Gasteiger partial charge in [0.1, 0.15) is 6.33 Å². The van der Waals surface area contributed by atoms with Crippen LogP contribution >= 0.6 is 11.8 Å². The van der Waals surface area contributed by atoms with Gasteiger partial charge in [-0.05, 0) is 52.6 Å². The van der Waals surface area contributed by atoms with Crippen LogP contribution in [0.1, 0.15) is 13.3 Å². The quantitative estimate of drug-likeness (QED) is 0.776. The molecule has 1 aromatic carbocycles. The van der Waals surface area contributed by atoms with Crippen molar-refractivity contribution >= 4 is 17.4 Å². The molecular weight excluding hydrogens is 246 g/mol. The highest BCUT2D eigenvalue weighted by molar-refractivity contribution is 7.99. The Hall–Kier alpha value is -1.56. The maximum absolute atomic E-state index is 3.84. The molecule has 5 nitrogen and oxygen atoms in total. The molecule has 0 aliphatic carbocycles. The largest absolute Gasteiger partial charge is 0.385 e. The number of nitrogens with zero attached hydrogens (tertiary/aromatic N) is 4. The van der Waals surface area contributed by atoms with E-state index in [2.05, 4.69) is 27.8 Å². The Morgan fingerprint density at radius 2 is 2.11 bits per heavy atom. The van der Waals surface area contributed by atoms with E-state index < -0.39 is 0 Å². The number of hydrogen-bond donors (Lipinski definition) is 1. The van der Waals surface area contributed by atoms with E-state index in [1.54, 1.807) is 11.0 Å². The van der Waals surface area contributed by atoms with Gasteiger partial charge in [-0.2, -0.15) is 11.8 Å². The number of tetrazole rings is 1. The lowest BCUT2D eigenvalue weighted by molar-refractivity contribution is 0.789. The van der Waals surface area contributed by atoms with Crippen molar-refractivity contribution < 1.29 is 0 Å². The Kier molecular flexibility index (Phi) is 5.01. The first-order valence-corrected chi connectivity index (χ1v) is 7.20. The van der Waals surface area contributed by atoms with Crippen molar-refractivity contribution in [2.75, 3.05) is 23.4 Å². The van der Waals surface area contributed by atoms with Crippen molar-refractivity contribution in [3.05, 3.63) is 30.6 Å². The van der Waals surface area contributed by atoms with E-state index in [9.17, 15) is 0 Å². The second-order valence-electron chi connectivity index (χ2n) is 3.78. The van der Waals surface area contributed by atoms with E-state index >= 15 is 0 Å². The van der Waals surface area contributed by atoms with Crippen LogP contribution in [0.5, 0.6) is 0 Å². The first-order chi connectivity index (χ1) is 8.90. The van der Waals surface area contributed by atoms with Gasteiger partial charge in [0.15, 0.2) is 0 Å².